The summed E-state index contributed by atoms with van der Waals surface area (Å²) in [7, 11) is 0. The van der Waals surface area contributed by atoms with Gasteiger partial charge < -0.3 is 24.8 Å². The molecule has 0 aromatic heterocycles. The highest BCUT2D eigenvalue weighted by atomic mass is 19.2. The van der Waals surface area contributed by atoms with E-state index >= 15 is 0 Å². The molecule has 296 valence electrons. The number of aliphatic hydroxyl groups is 1. The summed E-state index contributed by atoms with van der Waals surface area (Å²) in [6, 6.07) is 28.6. The van der Waals surface area contributed by atoms with E-state index < -0.39 is 51.8 Å². The number of aliphatic hydroxyl groups excluding tert-OH is 1. The SMILES string of the molecule is O=C(NCc1cccc(-c2ccc([C@H]3O[C@@H](CN4CCN(c5ccc([N+](=O)[O-])cc5)CC4)C[C@@H](c4ccc(CO)cc4)O3)cc2)c1)c1c(F)c(F)c(F)c(F)c1F. The van der Waals surface area contributed by atoms with E-state index in [4.69, 9.17) is 9.47 Å². The molecule has 2 fully saturated rings. The Morgan fingerprint density at radius 1 is 0.754 bits per heavy atom. The number of non-ortho nitro benzene ring substituents is 1. The molecule has 5 aromatic rings. The van der Waals surface area contributed by atoms with Crippen molar-refractivity contribution >= 4 is 17.3 Å². The molecule has 10 nitrogen and oxygen atoms in total. The van der Waals surface area contributed by atoms with Crippen LogP contribution in [0.1, 0.15) is 51.4 Å². The molecule has 0 bridgehead atoms. The van der Waals surface area contributed by atoms with Gasteiger partial charge in [0.2, 0.25) is 5.82 Å². The zero-order valence-electron chi connectivity index (χ0n) is 30.3. The van der Waals surface area contributed by atoms with Gasteiger partial charge in [0.25, 0.3) is 11.6 Å². The van der Waals surface area contributed by atoms with Crippen LogP contribution >= 0.6 is 0 Å². The Bertz CT molecular complexity index is 2210. The second-order valence-corrected chi connectivity index (χ2v) is 13.9. The van der Waals surface area contributed by atoms with Gasteiger partial charge in [-0.25, -0.2) is 22.0 Å². The van der Waals surface area contributed by atoms with E-state index in [2.05, 4.69) is 15.1 Å². The molecule has 3 atom stereocenters. The Labute approximate surface area is 324 Å². The van der Waals surface area contributed by atoms with Crippen molar-refractivity contribution in [2.24, 2.45) is 0 Å². The van der Waals surface area contributed by atoms with Crippen LogP contribution in [0.5, 0.6) is 0 Å². The van der Waals surface area contributed by atoms with Crippen molar-refractivity contribution in [2.45, 2.75) is 38.1 Å². The summed E-state index contributed by atoms with van der Waals surface area (Å²) in [6.45, 7) is 3.37. The molecule has 2 aliphatic rings. The number of anilines is 1. The van der Waals surface area contributed by atoms with Gasteiger partial charge in [0.15, 0.2) is 29.6 Å². The average molecular weight is 789 g/mol. The number of rotatable bonds is 11. The molecule has 0 spiro atoms. The van der Waals surface area contributed by atoms with Crippen LogP contribution in [0.15, 0.2) is 97.1 Å². The van der Waals surface area contributed by atoms with Crippen LogP contribution in [0.4, 0.5) is 33.3 Å². The molecule has 2 saturated heterocycles. The summed E-state index contributed by atoms with van der Waals surface area (Å²) >= 11 is 0. The molecule has 0 aliphatic carbocycles. The normalized spacial score (nSPS) is 18.7. The molecule has 0 unspecified atom stereocenters. The Morgan fingerprint density at radius 2 is 1.39 bits per heavy atom. The van der Waals surface area contributed by atoms with Crippen molar-refractivity contribution in [1.82, 2.24) is 10.2 Å². The van der Waals surface area contributed by atoms with E-state index in [0.29, 0.717) is 18.5 Å². The Balaban J connectivity index is 1.02. The average Bonchev–Trinajstić information content (AvgIpc) is 3.24. The third-order valence-electron chi connectivity index (χ3n) is 10.2. The Hall–Kier alpha value is -5.74. The number of hydrogen-bond donors (Lipinski definition) is 2. The molecule has 2 aliphatic heterocycles. The second kappa shape index (κ2) is 17.2. The van der Waals surface area contributed by atoms with Crippen LogP contribution in [0.2, 0.25) is 0 Å². The molecular formula is C42H37F5N4O6. The number of benzene rings is 5. The monoisotopic (exact) mass is 788 g/mol. The van der Waals surface area contributed by atoms with E-state index in [9.17, 15) is 42.0 Å². The molecule has 57 heavy (non-hydrogen) atoms. The zero-order valence-corrected chi connectivity index (χ0v) is 30.3. The van der Waals surface area contributed by atoms with E-state index in [1.54, 1.807) is 30.3 Å². The predicted octanol–water partition coefficient (Wildman–Crippen LogP) is 7.75. The number of halogens is 5. The number of nitrogens with zero attached hydrogens (tertiary/aromatic N) is 3. The quantitative estimate of drug-likeness (QED) is 0.0459. The standard InChI is InChI=1S/C42H37F5N4O6/c43-36-35(37(44)39(46)40(47)38(36)45)41(53)48-22-26-2-1-3-30(20-26)27-8-10-29(11-9-27)42-56-33(21-34(57-42)28-6-4-25(24-52)5-7-28)23-49-16-18-50(19-17-49)31-12-14-32(15-13-31)51(54)55/h1-15,20,33-34,42,52H,16-19,21-24H2,(H,48,53)/t33-,34+,42+/m1/s1. The summed E-state index contributed by atoms with van der Waals surface area (Å²) in [4.78, 5) is 27.7. The lowest BCUT2D eigenvalue weighted by Gasteiger charge is -2.41. The zero-order chi connectivity index (χ0) is 40.2. The summed E-state index contributed by atoms with van der Waals surface area (Å²) in [5.41, 5.74) is 3.98. The first kappa shape index (κ1) is 39.5. The predicted molar refractivity (Wildman–Crippen MR) is 199 cm³/mol. The van der Waals surface area contributed by atoms with Gasteiger partial charge in [0.05, 0.1) is 23.7 Å². The number of ether oxygens (including phenoxy) is 2. The first-order valence-electron chi connectivity index (χ1n) is 18.2. The van der Waals surface area contributed by atoms with Crippen LogP contribution in [0.25, 0.3) is 11.1 Å². The van der Waals surface area contributed by atoms with Crippen LogP contribution in [-0.4, -0.2) is 59.7 Å². The van der Waals surface area contributed by atoms with Crippen molar-refractivity contribution in [3.8, 4) is 11.1 Å². The number of piperazine rings is 1. The first-order valence-corrected chi connectivity index (χ1v) is 18.2. The van der Waals surface area contributed by atoms with Gasteiger partial charge in [-0.15, -0.1) is 0 Å². The van der Waals surface area contributed by atoms with Crippen LogP contribution in [-0.2, 0) is 22.6 Å². The number of nitro groups is 1. The topological polar surface area (TPSA) is 117 Å². The largest absolute Gasteiger partial charge is 0.392 e. The van der Waals surface area contributed by atoms with E-state index in [1.807, 2.05) is 54.6 Å². The fourth-order valence-corrected chi connectivity index (χ4v) is 7.06. The van der Waals surface area contributed by atoms with Gasteiger partial charge in [-0.2, -0.15) is 0 Å². The lowest BCUT2D eigenvalue weighted by Crippen LogP contribution is -2.49. The van der Waals surface area contributed by atoms with Gasteiger partial charge in [-0.05, 0) is 46.0 Å². The van der Waals surface area contributed by atoms with Crippen molar-refractivity contribution in [2.75, 3.05) is 37.6 Å². The molecular weight excluding hydrogens is 751 g/mol. The smallest absolute Gasteiger partial charge is 0.269 e. The molecule has 2 N–H and O–H groups in total. The number of hydrogen-bond acceptors (Lipinski definition) is 8. The maximum atomic E-state index is 14.2. The molecule has 1 amide bonds. The molecule has 5 aromatic carbocycles. The minimum Gasteiger partial charge on any atom is -0.392 e. The maximum absolute atomic E-state index is 14.2. The second-order valence-electron chi connectivity index (χ2n) is 13.9. The molecule has 0 radical (unpaired) electrons. The van der Waals surface area contributed by atoms with Gasteiger partial charge in [-0.3, -0.25) is 19.8 Å². The van der Waals surface area contributed by atoms with Gasteiger partial charge in [0.1, 0.15) is 5.56 Å². The van der Waals surface area contributed by atoms with Crippen molar-refractivity contribution in [1.29, 1.82) is 0 Å². The number of carbonyl (C=O) groups is 1. The van der Waals surface area contributed by atoms with Crippen molar-refractivity contribution in [3.05, 3.63) is 164 Å². The number of carbonyl (C=O) groups excluding carboxylic acids is 1. The van der Waals surface area contributed by atoms with E-state index in [-0.39, 0.29) is 31.0 Å². The minimum absolute atomic E-state index is 0.0517. The fourth-order valence-electron chi connectivity index (χ4n) is 7.06. The van der Waals surface area contributed by atoms with Crippen LogP contribution < -0.4 is 10.2 Å². The lowest BCUT2D eigenvalue weighted by atomic mass is 9.98. The fraction of sp³-hybridized carbons (Fsp3) is 0.262. The Morgan fingerprint density at radius 3 is 2.02 bits per heavy atom. The number of nitro benzene ring substituents is 1. The minimum atomic E-state index is -2.34. The third kappa shape index (κ3) is 8.81. The lowest BCUT2D eigenvalue weighted by molar-refractivity contribution is -0.384. The highest BCUT2D eigenvalue weighted by Gasteiger charge is 2.34. The number of nitrogens with one attached hydrogen (secondary N) is 1. The van der Waals surface area contributed by atoms with E-state index in [0.717, 1.165) is 59.7 Å². The van der Waals surface area contributed by atoms with Crippen LogP contribution in [0, 0.1) is 39.2 Å². The summed E-state index contributed by atoms with van der Waals surface area (Å²) < 4.78 is 82.2. The maximum Gasteiger partial charge on any atom is 0.269 e. The number of amides is 1. The van der Waals surface area contributed by atoms with Crippen LogP contribution in [0.3, 0.4) is 0 Å². The first-order chi connectivity index (χ1) is 27.5. The molecule has 15 heteroatoms. The van der Waals surface area contributed by atoms with E-state index in [1.165, 1.54) is 12.1 Å². The highest BCUT2D eigenvalue weighted by Crippen LogP contribution is 2.39. The third-order valence-corrected chi connectivity index (χ3v) is 10.2. The van der Waals surface area contributed by atoms with Crippen molar-refractivity contribution < 1.29 is 46.3 Å². The van der Waals surface area contributed by atoms with Crippen molar-refractivity contribution in [3.63, 3.8) is 0 Å². The van der Waals surface area contributed by atoms with Gasteiger partial charge in [-0.1, -0.05) is 66.7 Å². The molecule has 0 saturated carbocycles. The summed E-state index contributed by atoms with van der Waals surface area (Å²) in [6.07, 6.45) is -0.582. The highest BCUT2D eigenvalue weighted by molar-refractivity contribution is 5.94. The van der Waals surface area contributed by atoms with Gasteiger partial charge >= 0.3 is 0 Å². The molecule has 7 rings (SSSR count). The summed E-state index contributed by atoms with van der Waals surface area (Å²) in [5.74, 6) is -12.6. The summed E-state index contributed by atoms with van der Waals surface area (Å²) in [5, 5.41) is 22.9. The molecule has 2 heterocycles. The van der Waals surface area contributed by atoms with Gasteiger partial charge in [0, 0.05) is 69.1 Å². The Kier molecular flexibility index (Phi) is 11.9.